The summed E-state index contributed by atoms with van der Waals surface area (Å²) in [7, 11) is -3.61. The maximum absolute atomic E-state index is 13.9. The quantitative estimate of drug-likeness (QED) is 0.482. The van der Waals surface area contributed by atoms with Gasteiger partial charge in [-0.3, -0.25) is 4.79 Å². The second kappa shape index (κ2) is 9.75. The molecule has 1 aromatic carbocycles. The van der Waals surface area contributed by atoms with Gasteiger partial charge in [-0.15, -0.1) is 0 Å². The van der Waals surface area contributed by atoms with Gasteiger partial charge < -0.3 is 4.90 Å². The third kappa shape index (κ3) is 4.98. The fraction of sp³-hybridized carbons (Fsp3) is 0.462. The lowest BCUT2D eigenvalue weighted by atomic mass is 9.90. The van der Waals surface area contributed by atoms with Gasteiger partial charge >= 0.3 is 6.18 Å². The second-order valence-electron chi connectivity index (χ2n) is 9.98. The van der Waals surface area contributed by atoms with Crippen LogP contribution in [0.4, 0.5) is 13.2 Å². The van der Waals surface area contributed by atoms with Crippen LogP contribution in [0, 0.1) is 5.92 Å². The molecule has 198 valence electrons. The zero-order chi connectivity index (χ0) is 26.4. The Morgan fingerprint density at radius 2 is 1.62 bits per heavy atom. The highest BCUT2D eigenvalue weighted by molar-refractivity contribution is 7.89. The van der Waals surface area contributed by atoms with E-state index in [1.807, 2.05) is 0 Å². The molecule has 37 heavy (non-hydrogen) atoms. The first-order chi connectivity index (χ1) is 17.6. The molecule has 0 unspecified atom stereocenters. The van der Waals surface area contributed by atoms with Gasteiger partial charge in [-0.1, -0.05) is 25.1 Å². The average molecular weight is 535 g/mol. The van der Waals surface area contributed by atoms with E-state index in [2.05, 4.69) is 12.0 Å². The van der Waals surface area contributed by atoms with E-state index in [1.54, 1.807) is 42.5 Å². The normalized spacial score (nSPS) is 19.0. The molecule has 2 aliphatic rings. The number of nitrogens with zero attached hydrogens (tertiary/aromatic N) is 4. The number of likely N-dealkylation sites (tertiary alicyclic amines) is 1. The summed E-state index contributed by atoms with van der Waals surface area (Å²) in [4.78, 5) is 15.1. The van der Waals surface area contributed by atoms with E-state index >= 15 is 0 Å². The van der Waals surface area contributed by atoms with E-state index in [-0.39, 0.29) is 16.3 Å². The van der Waals surface area contributed by atoms with E-state index < -0.39 is 33.4 Å². The Morgan fingerprint density at radius 3 is 2.24 bits per heavy atom. The molecule has 0 spiro atoms. The average Bonchev–Trinajstić information content (AvgIpc) is 3.29. The number of alkyl halides is 3. The molecule has 7 nitrogen and oxygen atoms in total. The van der Waals surface area contributed by atoms with Gasteiger partial charge in [0, 0.05) is 32.4 Å². The second-order valence-corrected chi connectivity index (χ2v) is 11.9. The van der Waals surface area contributed by atoms with Crippen molar-refractivity contribution >= 4 is 21.4 Å². The molecule has 0 aliphatic carbocycles. The molecule has 0 bridgehead atoms. The highest BCUT2D eigenvalue weighted by Gasteiger charge is 2.42. The molecular weight excluding hydrogens is 505 g/mol. The van der Waals surface area contributed by atoms with E-state index in [0.29, 0.717) is 44.9 Å². The number of hydrogen-bond acceptors (Lipinski definition) is 4. The van der Waals surface area contributed by atoms with Crippen LogP contribution >= 0.6 is 0 Å². The number of halogens is 3. The minimum atomic E-state index is -4.77. The Kier molecular flexibility index (Phi) is 6.78. The molecule has 0 saturated carbocycles. The van der Waals surface area contributed by atoms with E-state index in [4.69, 9.17) is 0 Å². The van der Waals surface area contributed by atoms with Crippen LogP contribution in [0.15, 0.2) is 53.6 Å². The summed E-state index contributed by atoms with van der Waals surface area (Å²) in [5, 5.41) is 3.74. The summed E-state index contributed by atoms with van der Waals surface area (Å²) in [6.45, 7) is 3.52. The molecule has 2 aliphatic heterocycles. The summed E-state index contributed by atoms with van der Waals surface area (Å²) in [6.07, 6.45) is -0.755. The van der Waals surface area contributed by atoms with E-state index in [9.17, 15) is 26.4 Å². The van der Waals surface area contributed by atoms with Crippen molar-refractivity contribution in [2.24, 2.45) is 5.92 Å². The topological polar surface area (TPSA) is 75.0 Å². The van der Waals surface area contributed by atoms with Crippen LogP contribution in [0.3, 0.4) is 0 Å². The van der Waals surface area contributed by atoms with Crippen LogP contribution in [0.1, 0.15) is 60.1 Å². The third-order valence-corrected chi connectivity index (χ3v) is 9.43. The van der Waals surface area contributed by atoms with Crippen LogP contribution < -0.4 is 0 Å². The Balaban J connectivity index is 1.42. The van der Waals surface area contributed by atoms with Gasteiger partial charge in [0.2, 0.25) is 10.0 Å². The first kappa shape index (κ1) is 25.7. The molecule has 1 amide bonds. The van der Waals surface area contributed by atoms with Crippen LogP contribution in [0.5, 0.6) is 0 Å². The SMILES string of the molecule is CC1CCN(C(=O)c2c(C(F)(F)F)nn3ccc(C4CCN(S(=O)(=O)c5ccccc5)CC4)cc23)CC1. The summed E-state index contributed by atoms with van der Waals surface area (Å²) < 4.78 is 70.2. The fourth-order valence-electron chi connectivity index (χ4n) is 5.27. The van der Waals surface area contributed by atoms with Crippen LogP contribution in [-0.4, -0.2) is 59.3 Å². The molecule has 2 fully saturated rings. The number of carbonyl (C=O) groups is 1. The molecule has 3 aromatic rings. The summed E-state index contributed by atoms with van der Waals surface area (Å²) in [6, 6.07) is 11.6. The van der Waals surface area contributed by atoms with Gasteiger partial charge in [-0.25, -0.2) is 12.9 Å². The maximum atomic E-state index is 13.9. The fourth-order valence-corrected chi connectivity index (χ4v) is 6.76. The maximum Gasteiger partial charge on any atom is 0.436 e. The van der Waals surface area contributed by atoms with Crippen molar-refractivity contribution in [3.63, 3.8) is 0 Å². The van der Waals surface area contributed by atoms with Crippen molar-refractivity contribution in [1.82, 2.24) is 18.8 Å². The molecule has 0 N–H and O–H groups in total. The molecule has 0 atom stereocenters. The van der Waals surface area contributed by atoms with Crippen molar-refractivity contribution in [2.45, 2.75) is 49.6 Å². The predicted octanol–water partition coefficient (Wildman–Crippen LogP) is 4.79. The Labute approximate surface area is 213 Å². The van der Waals surface area contributed by atoms with Crippen LogP contribution in [0.2, 0.25) is 0 Å². The molecule has 2 aromatic heterocycles. The van der Waals surface area contributed by atoms with Crippen LogP contribution in [0.25, 0.3) is 5.52 Å². The van der Waals surface area contributed by atoms with Gasteiger partial charge in [0.15, 0.2) is 5.69 Å². The van der Waals surface area contributed by atoms with Gasteiger partial charge in [0.1, 0.15) is 0 Å². The van der Waals surface area contributed by atoms with Gasteiger partial charge in [0.25, 0.3) is 5.91 Å². The third-order valence-electron chi connectivity index (χ3n) is 7.52. The number of aromatic nitrogens is 2. The number of carbonyl (C=O) groups excluding carboxylic acids is 1. The zero-order valence-electron chi connectivity index (χ0n) is 20.5. The minimum absolute atomic E-state index is 0.0461. The Hall–Kier alpha value is -2.92. The predicted molar refractivity (Wildman–Crippen MR) is 132 cm³/mol. The highest BCUT2D eigenvalue weighted by Crippen LogP contribution is 2.37. The molecule has 2 saturated heterocycles. The largest absolute Gasteiger partial charge is 0.436 e. The number of rotatable bonds is 4. The van der Waals surface area contributed by atoms with Crippen molar-refractivity contribution in [2.75, 3.05) is 26.2 Å². The summed E-state index contributed by atoms with van der Waals surface area (Å²) >= 11 is 0. The van der Waals surface area contributed by atoms with E-state index in [1.165, 1.54) is 15.4 Å². The zero-order valence-corrected chi connectivity index (χ0v) is 21.3. The first-order valence-electron chi connectivity index (χ1n) is 12.5. The molecule has 0 radical (unpaired) electrons. The Morgan fingerprint density at radius 1 is 0.973 bits per heavy atom. The first-order valence-corrected chi connectivity index (χ1v) is 13.9. The highest BCUT2D eigenvalue weighted by atomic mass is 32.2. The number of fused-ring (bicyclic) bond motifs is 1. The number of pyridine rings is 1. The number of amides is 1. The van der Waals surface area contributed by atoms with Crippen molar-refractivity contribution < 1.29 is 26.4 Å². The molecule has 11 heteroatoms. The summed E-state index contributed by atoms with van der Waals surface area (Å²) in [5.41, 5.74) is -0.669. The van der Waals surface area contributed by atoms with Gasteiger partial charge in [-0.2, -0.15) is 22.6 Å². The molecule has 4 heterocycles. The lowest BCUT2D eigenvalue weighted by Crippen LogP contribution is -2.38. The lowest BCUT2D eigenvalue weighted by molar-refractivity contribution is -0.141. The number of sulfonamides is 1. The van der Waals surface area contributed by atoms with Crippen molar-refractivity contribution in [3.05, 3.63) is 65.5 Å². The number of piperidine rings is 2. The Bertz CT molecular complexity index is 1390. The standard InChI is InChI=1S/C26H29F3N4O3S/c1-18-7-12-31(13-8-18)25(34)23-22-17-20(11-16-33(22)30-24(23)26(27,28)29)19-9-14-32(15-10-19)37(35,36)21-5-3-2-4-6-21/h2-6,11,16-19H,7-10,12-15H2,1H3. The summed E-state index contributed by atoms with van der Waals surface area (Å²) in [5.74, 6) is -0.261. The smallest absolute Gasteiger partial charge is 0.338 e. The van der Waals surface area contributed by atoms with Crippen molar-refractivity contribution in [3.8, 4) is 0 Å². The van der Waals surface area contributed by atoms with E-state index in [0.717, 1.165) is 22.9 Å². The number of hydrogen-bond donors (Lipinski definition) is 0. The van der Waals surface area contributed by atoms with Crippen molar-refractivity contribution in [1.29, 1.82) is 0 Å². The number of benzene rings is 1. The monoisotopic (exact) mass is 534 g/mol. The minimum Gasteiger partial charge on any atom is -0.338 e. The lowest BCUT2D eigenvalue weighted by Gasteiger charge is -2.31. The molecular formula is C26H29F3N4O3S. The molecule has 5 rings (SSSR count). The van der Waals surface area contributed by atoms with Crippen LogP contribution in [-0.2, 0) is 16.2 Å². The van der Waals surface area contributed by atoms with Gasteiger partial charge in [-0.05, 0) is 67.3 Å². The van der Waals surface area contributed by atoms with Gasteiger partial charge in [0.05, 0.1) is 16.0 Å².